The molecular formula is C17H33Cl2N3O. The Morgan fingerprint density at radius 2 is 1.83 bits per heavy atom. The largest absolute Gasteiger partial charge is 0.356 e. The van der Waals surface area contributed by atoms with Crippen LogP contribution in [0.15, 0.2) is 0 Å². The fraction of sp³-hybridized carbons (Fsp3) is 0.941. The van der Waals surface area contributed by atoms with Crippen molar-refractivity contribution in [3.05, 3.63) is 0 Å². The van der Waals surface area contributed by atoms with Crippen molar-refractivity contribution in [1.82, 2.24) is 10.2 Å². The molecule has 2 saturated carbocycles. The number of carbonyl (C=O) groups is 1. The van der Waals surface area contributed by atoms with Crippen LogP contribution in [0.5, 0.6) is 0 Å². The molecule has 23 heavy (non-hydrogen) atoms. The number of fused-ring (bicyclic) bond motifs is 2. The number of nitrogens with zero attached hydrogens (tertiary/aromatic N) is 1. The van der Waals surface area contributed by atoms with Gasteiger partial charge in [0.25, 0.3) is 0 Å². The molecule has 2 bridgehead atoms. The van der Waals surface area contributed by atoms with Crippen LogP contribution in [0.4, 0.5) is 0 Å². The fourth-order valence-corrected chi connectivity index (χ4v) is 4.76. The molecule has 6 heteroatoms. The maximum atomic E-state index is 12.5. The Morgan fingerprint density at radius 3 is 2.39 bits per heavy atom. The standard InChI is InChI=1S/C17H31N3O.2ClH/c1-2-20-7-6-12(11-20)10-19-17(21)15-8-13-4-3-5-14(9-15)16(13)18;;/h12-16H,2-11,18H2,1H3,(H,19,21);2*1H. The lowest BCUT2D eigenvalue weighted by molar-refractivity contribution is -0.128. The first-order valence-corrected chi connectivity index (χ1v) is 8.93. The molecule has 0 aromatic carbocycles. The van der Waals surface area contributed by atoms with Gasteiger partial charge in [-0.05, 0) is 62.9 Å². The van der Waals surface area contributed by atoms with Crippen molar-refractivity contribution < 1.29 is 4.79 Å². The summed E-state index contributed by atoms with van der Waals surface area (Å²) in [4.78, 5) is 15.0. The van der Waals surface area contributed by atoms with E-state index in [1.54, 1.807) is 0 Å². The van der Waals surface area contributed by atoms with Crippen LogP contribution in [-0.2, 0) is 4.79 Å². The van der Waals surface area contributed by atoms with Crippen molar-refractivity contribution in [3.63, 3.8) is 0 Å². The van der Waals surface area contributed by atoms with Crippen LogP contribution < -0.4 is 11.1 Å². The van der Waals surface area contributed by atoms with Gasteiger partial charge in [-0.25, -0.2) is 0 Å². The van der Waals surface area contributed by atoms with Crippen molar-refractivity contribution in [1.29, 1.82) is 0 Å². The normalized spacial score (nSPS) is 36.7. The predicted molar refractivity (Wildman–Crippen MR) is 99.3 cm³/mol. The first kappa shape index (κ1) is 21.0. The highest BCUT2D eigenvalue weighted by molar-refractivity contribution is 5.85. The Morgan fingerprint density at radius 1 is 1.17 bits per heavy atom. The van der Waals surface area contributed by atoms with E-state index < -0.39 is 0 Å². The molecule has 1 amide bonds. The van der Waals surface area contributed by atoms with Gasteiger partial charge in [0.05, 0.1) is 0 Å². The van der Waals surface area contributed by atoms with Gasteiger partial charge in [0, 0.05) is 25.0 Å². The van der Waals surface area contributed by atoms with Crippen molar-refractivity contribution in [3.8, 4) is 0 Å². The van der Waals surface area contributed by atoms with Gasteiger partial charge < -0.3 is 16.0 Å². The van der Waals surface area contributed by atoms with E-state index >= 15 is 0 Å². The minimum Gasteiger partial charge on any atom is -0.356 e. The van der Waals surface area contributed by atoms with E-state index in [1.165, 1.54) is 32.2 Å². The number of hydrogen-bond acceptors (Lipinski definition) is 3. The molecule has 0 aromatic rings. The molecular weight excluding hydrogens is 333 g/mol. The quantitative estimate of drug-likeness (QED) is 0.804. The van der Waals surface area contributed by atoms with E-state index in [0.717, 1.165) is 32.5 Å². The average Bonchev–Trinajstić information content (AvgIpc) is 2.92. The molecule has 1 saturated heterocycles. The van der Waals surface area contributed by atoms with Gasteiger partial charge in [-0.3, -0.25) is 4.79 Å². The Labute approximate surface area is 153 Å². The number of nitrogens with one attached hydrogen (secondary N) is 1. The summed E-state index contributed by atoms with van der Waals surface area (Å²) in [6, 6.07) is 0.357. The number of nitrogens with two attached hydrogens (primary N) is 1. The van der Waals surface area contributed by atoms with Gasteiger partial charge in [-0.2, -0.15) is 0 Å². The van der Waals surface area contributed by atoms with Crippen LogP contribution in [0.2, 0.25) is 0 Å². The molecule has 3 unspecified atom stereocenters. The van der Waals surface area contributed by atoms with Gasteiger partial charge in [0.1, 0.15) is 0 Å². The third-order valence-corrected chi connectivity index (χ3v) is 6.17. The third-order valence-electron chi connectivity index (χ3n) is 6.17. The number of likely N-dealkylation sites (tertiary alicyclic amines) is 1. The van der Waals surface area contributed by atoms with Gasteiger partial charge in [0.2, 0.25) is 5.91 Å². The Balaban J connectivity index is 0.00000132. The van der Waals surface area contributed by atoms with E-state index in [9.17, 15) is 4.79 Å². The van der Waals surface area contributed by atoms with Crippen molar-refractivity contribution in [2.24, 2.45) is 29.4 Å². The summed E-state index contributed by atoms with van der Waals surface area (Å²) in [6.07, 6.45) is 7.05. The predicted octanol–water partition coefficient (Wildman–Crippen LogP) is 2.44. The first-order valence-electron chi connectivity index (χ1n) is 8.93. The maximum Gasteiger partial charge on any atom is 0.223 e. The lowest BCUT2D eigenvalue weighted by atomic mass is 9.65. The molecule has 136 valence electrons. The lowest BCUT2D eigenvalue weighted by Gasteiger charge is -2.43. The first-order chi connectivity index (χ1) is 10.2. The van der Waals surface area contributed by atoms with Crippen LogP contribution >= 0.6 is 24.8 Å². The van der Waals surface area contributed by atoms with Crippen molar-refractivity contribution in [2.45, 2.75) is 51.5 Å². The molecule has 2 aliphatic carbocycles. The smallest absolute Gasteiger partial charge is 0.223 e. The van der Waals surface area contributed by atoms with E-state index in [0.29, 0.717) is 29.7 Å². The van der Waals surface area contributed by atoms with E-state index in [1.807, 2.05) is 0 Å². The monoisotopic (exact) mass is 365 g/mol. The number of carbonyl (C=O) groups excluding carboxylic acids is 1. The highest BCUT2D eigenvalue weighted by atomic mass is 35.5. The third kappa shape index (κ3) is 4.97. The Kier molecular flexibility index (Phi) is 8.64. The molecule has 3 N–H and O–H groups in total. The SMILES string of the molecule is CCN1CCC(CNC(=O)C2CC3CCCC(C2)C3N)C1.Cl.Cl. The van der Waals surface area contributed by atoms with Crippen LogP contribution in [-0.4, -0.2) is 43.0 Å². The minimum absolute atomic E-state index is 0. The summed E-state index contributed by atoms with van der Waals surface area (Å²) in [6.45, 7) is 6.56. The summed E-state index contributed by atoms with van der Waals surface area (Å²) in [5.74, 6) is 2.36. The summed E-state index contributed by atoms with van der Waals surface area (Å²) in [5, 5.41) is 3.24. The topological polar surface area (TPSA) is 58.4 Å². The second-order valence-corrected chi connectivity index (χ2v) is 7.49. The van der Waals surface area contributed by atoms with Crippen LogP contribution in [0.1, 0.15) is 45.4 Å². The van der Waals surface area contributed by atoms with Gasteiger partial charge in [-0.15, -0.1) is 24.8 Å². The van der Waals surface area contributed by atoms with Crippen molar-refractivity contribution in [2.75, 3.05) is 26.2 Å². The van der Waals surface area contributed by atoms with Crippen molar-refractivity contribution >= 4 is 30.7 Å². The molecule has 0 radical (unpaired) electrons. The highest BCUT2D eigenvalue weighted by Gasteiger charge is 2.40. The second kappa shape index (κ2) is 9.45. The molecule has 3 atom stereocenters. The van der Waals surface area contributed by atoms with E-state index in [-0.39, 0.29) is 30.7 Å². The lowest BCUT2D eigenvalue weighted by Crippen LogP contribution is -2.49. The van der Waals surface area contributed by atoms with E-state index in [4.69, 9.17) is 5.73 Å². The number of halogens is 2. The summed E-state index contributed by atoms with van der Waals surface area (Å²) in [5.41, 5.74) is 6.31. The van der Waals surface area contributed by atoms with E-state index in [2.05, 4.69) is 17.1 Å². The average molecular weight is 366 g/mol. The van der Waals surface area contributed by atoms with Gasteiger partial charge in [-0.1, -0.05) is 13.3 Å². The highest BCUT2D eigenvalue weighted by Crippen LogP contribution is 2.41. The molecule has 0 aromatic heterocycles. The van der Waals surface area contributed by atoms with Crippen LogP contribution in [0.3, 0.4) is 0 Å². The van der Waals surface area contributed by atoms with Crippen LogP contribution in [0.25, 0.3) is 0 Å². The van der Waals surface area contributed by atoms with Gasteiger partial charge >= 0.3 is 0 Å². The second-order valence-electron chi connectivity index (χ2n) is 7.49. The molecule has 3 rings (SSSR count). The zero-order valence-electron chi connectivity index (χ0n) is 14.2. The molecule has 1 heterocycles. The summed E-state index contributed by atoms with van der Waals surface area (Å²) < 4.78 is 0. The molecule has 0 spiro atoms. The fourth-order valence-electron chi connectivity index (χ4n) is 4.76. The zero-order chi connectivity index (χ0) is 14.8. The molecule has 3 aliphatic rings. The number of amides is 1. The summed E-state index contributed by atoms with van der Waals surface area (Å²) in [7, 11) is 0. The number of hydrogen-bond donors (Lipinski definition) is 2. The van der Waals surface area contributed by atoms with Gasteiger partial charge in [0.15, 0.2) is 0 Å². The molecule has 1 aliphatic heterocycles. The Hall–Kier alpha value is -0.0300. The van der Waals surface area contributed by atoms with Crippen LogP contribution in [0, 0.1) is 23.7 Å². The molecule has 3 fully saturated rings. The number of rotatable bonds is 4. The Bertz CT molecular complexity index is 369. The zero-order valence-corrected chi connectivity index (χ0v) is 15.8. The minimum atomic E-state index is 0. The molecule has 4 nitrogen and oxygen atoms in total. The summed E-state index contributed by atoms with van der Waals surface area (Å²) >= 11 is 0. The maximum absolute atomic E-state index is 12.5.